The van der Waals surface area contributed by atoms with Crippen molar-refractivity contribution in [1.29, 1.82) is 0 Å². The molecule has 3 amide bonds. The molecule has 1 fully saturated rings. The Kier molecular flexibility index (Phi) is 2.47. The van der Waals surface area contributed by atoms with Crippen molar-refractivity contribution in [3.63, 3.8) is 0 Å². The smallest absolute Gasteiger partial charge is 0.311 e. The lowest BCUT2D eigenvalue weighted by atomic mass is 10.2. The lowest BCUT2D eigenvalue weighted by molar-refractivity contribution is -0.118. The summed E-state index contributed by atoms with van der Waals surface area (Å²) in [5.41, 5.74) is 0.958. The highest BCUT2D eigenvalue weighted by Crippen LogP contribution is 2.04. The number of hydrogen-bond donors (Lipinski definition) is 1. The highest BCUT2D eigenvalue weighted by Gasteiger charge is 2.26. The van der Waals surface area contributed by atoms with Crippen LogP contribution in [0.1, 0.15) is 13.3 Å². The molecule has 1 rings (SSSR count). The monoisotopic (exact) mass is 168 g/mol. The van der Waals surface area contributed by atoms with Crippen LogP contribution in [0.15, 0.2) is 12.2 Å². The van der Waals surface area contributed by atoms with E-state index in [-0.39, 0.29) is 18.5 Å². The molecule has 4 heteroatoms. The molecule has 0 aromatic heterocycles. The molecule has 1 saturated heterocycles. The minimum atomic E-state index is -0.311. The molecule has 0 unspecified atom stereocenters. The molecular weight excluding hydrogens is 156 g/mol. The van der Waals surface area contributed by atoms with Crippen LogP contribution in [0.5, 0.6) is 0 Å². The van der Waals surface area contributed by atoms with E-state index >= 15 is 0 Å². The van der Waals surface area contributed by atoms with E-state index in [2.05, 4.69) is 11.9 Å². The van der Waals surface area contributed by atoms with Crippen LogP contribution in [0.3, 0.4) is 0 Å². The van der Waals surface area contributed by atoms with Crippen molar-refractivity contribution in [2.45, 2.75) is 13.3 Å². The summed E-state index contributed by atoms with van der Waals surface area (Å²) in [6.45, 7) is 6.38. The Morgan fingerprint density at radius 3 is 2.75 bits per heavy atom. The van der Waals surface area contributed by atoms with Gasteiger partial charge in [0.2, 0.25) is 5.91 Å². The van der Waals surface area contributed by atoms with Crippen LogP contribution in [0.2, 0.25) is 0 Å². The van der Waals surface area contributed by atoms with Crippen molar-refractivity contribution >= 4 is 11.9 Å². The number of hydrogen-bond acceptors (Lipinski definition) is 2. The molecule has 1 aliphatic rings. The third-order valence-electron chi connectivity index (χ3n) is 1.78. The molecule has 1 heterocycles. The Labute approximate surface area is 71.2 Å². The fraction of sp³-hybridized carbons (Fsp3) is 0.500. The van der Waals surface area contributed by atoms with Crippen LogP contribution >= 0.6 is 0 Å². The predicted octanol–water partition coefficient (Wildman–Crippen LogP) is 0.504. The van der Waals surface area contributed by atoms with Crippen LogP contribution in [0.4, 0.5) is 4.79 Å². The van der Waals surface area contributed by atoms with Crippen molar-refractivity contribution in [3.05, 3.63) is 12.2 Å². The Balaban J connectivity index is 2.48. The van der Waals surface area contributed by atoms with Crippen LogP contribution in [0, 0.1) is 0 Å². The fourth-order valence-corrected chi connectivity index (χ4v) is 0.992. The summed E-state index contributed by atoms with van der Waals surface area (Å²) >= 11 is 0. The normalized spacial score (nSPS) is 16.6. The van der Waals surface area contributed by atoms with Crippen molar-refractivity contribution in [2.24, 2.45) is 0 Å². The van der Waals surface area contributed by atoms with Crippen LogP contribution in [0.25, 0.3) is 0 Å². The minimum absolute atomic E-state index is 0.165. The molecule has 0 spiro atoms. The zero-order chi connectivity index (χ0) is 9.14. The highest BCUT2D eigenvalue weighted by atomic mass is 16.2. The largest absolute Gasteiger partial charge is 0.324 e. The zero-order valence-corrected chi connectivity index (χ0v) is 7.09. The molecule has 0 aliphatic carbocycles. The lowest BCUT2D eigenvalue weighted by Gasteiger charge is -2.13. The molecule has 0 bridgehead atoms. The highest BCUT2D eigenvalue weighted by molar-refractivity contribution is 6.01. The molecule has 0 atom stereocenters. The third-order valence-corrected chi connectivity index (χ3v) is 1.78. The summed E-state index contributed by atoms with van der Waals surface area (Å²) in [7, 11) is 0. The average Bonchev–Trinajstić information content (AvgIpc) is 2.30. The maximum absolute atomic E-state index is 11.0. The predicted molar refractivity (Wildman–Crippen MR) is 44.5 cm³/mol. The number of rotatable bonds is 3. The summed E-state index contributed by atoms with van der Waals surface area (Å²) < 4.78 is 0. The standard InChI is InChI=1S/C8H12N2O2/c1-3-6(2)4-10-5-7(11)9-8(10)12/h2-5H2,1H3,(H,9,11,12). The molecule has 0 aromatic carbocycles. The first-order valence-corrected chi connectivity index (χ1v) is 3.89. The van der Waals surface area contributed by atoms with E-state index < -0.39 is 0 Å². The van der Waals surface area contributed by atoms with Crippen LogP contribution < -0.4 is 5.32 Å². The first kappa shape index (κ1) is 8.77. The summed E-state index contributed by atoms with van der Waals surface area (Å²) in [4.78, 5) is 23.2. The summed E-state index contributed by atoms with van der Waals surface area (Å²) in [6, 6.07) is -0.311. The number of nitrogens with one attached hydrogen (secondary N) is 1. The van der Waals surface area contributed by atoms with Gasteiger partial charge in [0.25, 0.3) is 0 Å². The summed E-state index contributed by atoms with van der Waals surface area (Å²) in [5, 5.41) is 2.20. The lowest BCUT2D eigenvalue weighted by Crippen LogP contribution is -2.29. The van der Waals surface area contributed by atoms with E-state index in [4.69, 9.17) is 0 Å². The maximum Gasteiger partial charge on any atom is 0.324 e. The van der Waals surface area contributed by atoms with E-state index in [1.165, 1.54) is 4.90 Å². The van der Waals surface area contributed by atoms with Gasteiger partial charge in [-0.05, 0) is 6.42 Å². The van der Waals surface area contributed by atoms with Gasteiger partial charge in [0, 0.05) is 6.54 Å². The van der Waals surface area contributed by atoms with Gasteiger partial charge in [0.05, 0.1) is 0 Å². The second-order valence-electron chi connectivity index (χ2n) is 2.81. The first-order valence-electron chi connectivity index (χ1n) is 3.89. The van der Waals surface area contributed by atoms with Gasteiger partial charge in [0.15, 0.2) is 0 Å². The van der Waals surface area contributed by atoms with E-state index in [0.717, 1.165) is 12.0 Å². The van der Waals surface area contributed by atoms with Gasteiger partial charge in [0.1, 0.15) is 6.54 Å². The molecule has 66 valence electrons. The molecule has 1 N–H and O–H groups in total. The van der Waals surface area contributed by atoms with E-state index in [9.17, 15) is 9.59 Å². The molecule has 0 saturated carbocycles. The quantitative estimate of drug-likeness (QED) is 0.493. The Bertz CT molecular complexity index is 235. The van der Waals surface area contributed by atoms with E-state index in [1.54, 1.807) is 0 Å². The summed E-state index contributed by atoms with van der Waals surface area (Å²) in [6.07, 6.45) is 0.831. The van der Waals surface area contributed by atoms with E-state index in [1.807, 2.05) is 6.92 Å². The molecule has 4 nitrogen and oxygen atoms in total. The first-order chi connectivity index (χ1) is 5.63. The van der Waals surface area contributed by atoms with Crippen molar-refractivity contribution < 1.29 is 9.59 Å². The van der Waals surface area contributed by atoms with Crippen LogP contribution in [-0.4, -0.2) is 29.9 Å². The Hall–Kier alpha value is -1.32. The number of carbonyl (C=O) groups is 2. The molecule has 1 aliphatic heterocycles. The Morgan fingerprint density at radius 2 is 2.33 bits per heavy atom. The Morgan fingerprint density at radius 1 is 1.67 bits per heavy atom. The molecule has 0 aromatic rings. The van der Waals surface area contributed by atoms with Gasteiger partial charge in [-0.2, -0.15) is 0 Å². The number of urea groups is 1. The summed E-state index contributed by atoms with van der Waals surface area (Å²) in [5.74, 6) is -0.232. The number of nitrogens with zero attached hydrogens (tertiary/aromatic N) is 1. The van der Waals surface area contributed by atoms with Gasteiger partial charge in [-0.3, -0.25) is 10.1 Å². The van der Waals surface area contributed by atoms with Gasteiger partial charge < -0.3 is 4.90 Å². The van der Waals surface area contributed by atoms with Gasteiger partial charge in [-0.1, -0.05) is 19.1 Å². The zero-order valence-electron chi connectivity index (χ0n) is 7.09. The second kappa shape index (κ2) is 3.38. The number of amides is 3. The van der Waals surface area contributed by atoms with Crippen molar-refractivity contribution in [1.82, 2.24) is 10.2 Å². The van der Waals surface area contributed by atoms with Gasteiger partial charge in [-0.25, -0.2) is 4.79 Å². The number of carbonyl (C=O) groups excluding carboxylic acids is 2. The third kappa shape index (κ3) is 1.84. The molecule has 12 heavy (non-hydrogen) atoms. The van der Waals surface area contributed by atoms with Crippen LogP contribution in [-0.2, 0) is 4.79 Å². The molecule has 0 radical (unpaired) electrons. The fourth-order valence-electron chi connectivity index (χ4n) is 0.992. The van der Waals surface area contributed by atoms with E-state index in [0.29, 0.717) is 6.54 Å². The second-order valence-corrected chi connectivity index (χ2v) is 2.81. The van der Waals surface area contributed by atoms with Crippen molar-refractivity contribution in [2.75, 3.05) is 13.1 Å². The maximum atomic E-state index is 11.0. The van der Waals surface area contributed by atoms with Gasteiger partial charge in [-0.15, -0.1) is 0 Å². The topological polar surface area (TPSA) is 49.4 Å². The van der Waals surface area contributed by atoms with Gasteiger partial charge >= 0.3 is 6.03 Å². The average molecular weight is 168 g/mol. The number of imide groups is 1. The molecular formula is C8H12N2O2. The minimum Gasteiger partial charge on any atom is -0.311 e. The van der Waals surface area contributed by atoms with Crippen molar-refractivity contribution in [3.8, 4) is 0 Å². The SMILES string of the molecule is C=C(CC)CN1CC(=O)NC1=O.